The van der Waals surface area contributed by atoms with E-state index in [1.807, 2.05) is 6.07 Å². The van der Waals surface area contributed by atoms with E-state index in [2.05, 4.69) is 12.2 Å². The Labute approximate surface area is 135 Å². The van der Waals surface area contributed by atoms with Gasteiger partial charge in [-0.2, -0.15) is 5.26 Å². The maximum atomic E-state index is 12.3. The zero-order chi connectivity index (χ0) is 16.1. The van der Waals surface area contributed by atoms with Crippen molar-refractivity contribution in [2.75, 3.05) is 0 Å². The maximum absolute atomic E-state index is 12.3. The summed E-state index contributed by atoms with van der Waals surface area (Å²) in [6.45, 7) is 2.11. The third kappa shape index (κ3) is 4.02. The molecule has 4 nitrogen and oxygen atoms in total. The molecule has 2 N–H and O–H groups in total. The van der Waals surface area contributed by atoms with E-state index in [-0.39, 0.29) is 17.4 Å². The van der Waals surface area contributed by atoms with Gasteiger partial charge in [0, 0.05) is 16.6 Å². The molecule has 1 aromatic carbocycles. The van der Waals surface area contributed by atoms with Crippen molar-refractivity contribution in [3.8, 4) is 11.8 Å². The molecule has 0 spiro atoms. The van der Waals surface area contributed by atoms with Crippen molar-refractivity contribution in [3.05, 3.63) is 34.4 Å². The summed E-state index contributed by atoms with van der Waals surface area (Å²) in [5.41, 5.74) is 0.325. The molecule has 0 aliphatic heterocycles. The van der Waals surface area contributed by atoms with Gasteiger partial charge in [0.25, 0.3) is 5.91 Å². The van der Waals surface area contributed by atoms with Crippen molar-refractivity contribution in [1.29, 1.82) is 5.26 Å². The van der Waals surface area contributed by atoms with Gasteiger partial charge in [-0.25, -0.2) is 0 Å². The summed E-state index contributed by atoms with van der Waals surface area (Å²) >= 11 is 5.87. The standard InChI is InChI=1S/C17H19ClN2O2/c1-11-4-2-3-5-15(11)20-17(22)13(10-19)8-12-9-14(18)6-7-16(12)21/h6-9,11,15,21H,2-5H2,1H3,(H,20,22). The number of hydrogen-bond acceptors (Lipinski definition) is 3. The van der Waals surface area contributed by atoms with Crippen LogP contribution in [0.1, 0.15) is 38.2 Å². The van der Waals surface area contributed by atoms with E-state index >= 15 is 0 Å². The van der Waals surface area contributed by atoms with E-state index in [0.717, 1.165) is 19.3 Å². The Morgan fingerprint density at radius 2 is 2.18 bits per heavy atom. The van der Waals surface area contributed by atoms with Crippen LogP contribution < -0.4 is 5.32 Å². The number of carbonyl (C=O) groups is 1. The van der Waals surface area contributed by atoms with Crippen molar-refractivity contribution in [2.24, 2.45) is 5.92 Å². The number of carbonyl (C=O) groups excluding carboxylic acids is 1. The average molecular weight is 319 g/mol. The van der Waals surface area contributed by atoms with Crippen LogP contribution in [-0.4, -0.2) is 17.1 Å². The lowest BCUT2D eigenvalue weighted by Crippen LogP contribution is -2.41. The normalized spacial score (nSPS) is 22.0. The van der Waals surface area contributed by atoms with Crippen LogP contribution in [0.15, 0.2) is 23.8 Å². The summed E-state index contributed by atoms with van der Waals surface area (Å²) in [6, 6.07) is 6.50. The van der Waals surface area contributed by atoms with Crippen LogP contribution in [0.3, 0.4) is 0 Å². The molecule has 0 heterocycles. The number of phenolic OH excluding ortho intramolecular Hbond substituents is 1. The number of nitrogens with one attached hydrogen (secondary N) is 1. The highest BCUT2D eigenvalue weighted by Crippen LogP contribution is 2.25. The summed E-state index contributed by atoms with van der Waals surface area (Å²) in [7, 11) is 0. The molecule has 2 atom stereocenters. The second kappa shape index (κ2) is 7.33. The van der Waals surface area contributed by atoms with Gasteiger partial charge in [0.05, 0.1) is 0 Å². The third-order valence-electron chi connectivity index (χ3n) is 4.08. The largest absolute Gasteiger partial charge is 0.507 e. The predicted octanol–water partition coefficient (Wildman–Crippen LogP) is 3.65. The molecule has 0 saturated heterocycles. The predicted molar refractivity (Wildman–Crippen MR) is 86.3 cm³/mol. The Morgan fingerprint density at radius 3 is 2.86 bits per heavy atom. The van der Waals surface area contributed by atoms with Crippen LogP contribution in [0.4, 0.5) is 0 Å². The molecule has 0 radical (unpaired) electrons. The highest BCUT2D eigenvalue weighted by atomic mass is 35.5. The first-order chi connectivity index (χ1) is 10.5. The van der Waals surface area contributed by atoms with Gasteiger partial charge >= 0.3 is 0 Å². The summed E-state index contributed by atoms with van der Waals surface area (Å²) in [6.07, 6.45) is 5.67. The fourth-order valence-electron chi connectivity index (χ4n) is 2.72. The first-order valence-electron chi connectivity index (χ1n) is 7.42. The summed E-state index contributed by atoms with van der Waals surface area (Å²) in [4.78, 5) is 12.3. The van der Waals surface area contributed by atoms with E-state index in [9.17, 15) is 15.2 Å². The minimum absolute atomic E-state index is 0.0176. The molecule has 2 unspecified atom stereocenters. The number of rotatable bonds is 3. The van der Waals surface area contributed by atoms with Crippen molar-refractivity contribution < 1.29 is 9.90 Å². The minimum Gasteiger partial charge on any atom is -0.507 e. The minimum atomic E-state index is -0.402. The monoisotopic (exact) mass is 318 g/mol. The first-order valence-corrected chi connectivity index (χ1v) is 7.80. The topological polar surface area (TPSA) is 73.1 Å². The lowest BCUT2D eigenvalue weighted by molar-refractivity contribution is -0.118. The quantitative estimate of drug-likeness (QED) is 0.660. The lowest BCUT2D eigenvalue weighted by atomic mass is 9.86. The fraction of sp³-hybridized carbons (Fsp3) is 0.412. The Balaban J connectivity index is 2.16. The van der Waals surface area contributed by atoms with Crippen LogP contribution in [0.25, 0.3) is 6.08 Å². The molecule has 0 aromatic heterocycles. The van der Waals surface area contributed by atoms with Gasteiger partial charge in [-0.05, 0) is 43.0 Å². The Hall–Kier alpha value is -1.99. The smallest absolute Gasteiger partial charge is 0.262 e. The van der Waals surface area contributed by atoms with E-state index in [1.165, 1.54) is 24.6 Å². The zero-order valence-electron chi connectivity index (χ0n) is 12.5. The maximum Gasteiger partial charge on any atom is 0.262 e. The van der Waals surface area contributed by atoms with Crippen molar-refractivity contribution in [3.63, 3.8) is 0 Å². The molecule has 116 valence electrons. The fourth-order valence-corrected chi connectivity index (χ4v) is 2.90. The van der Waals surface area contributed by atoms with Crippen molar-refractivity contribution >= 4 is 23.6 Å². The molecule has 1 fully saturated rings. The highest BCUT2D eigenvalue weighted by Gasteiger charge is 2.24. The molecule has 5 heteroatoms. The van der Waals surface area contributed by atoms with Crippen LogP contribution >= 0.6 is 11.6 Å². The van der Waals surface area contributed by atoms with E-state index in [0.29, 0.717) is 16.5 Å². The van der Waals surface area contributed by atoms with Crippen molar-refractivity contribution in [1.82, 2.24) is 5.32 Å². The van der Waals surface area contributed by atoms with Gasteiger partial charge in [0.1, 0.15) is 17.4 Å². The number of nitrogens with zero attached hydrogens (tertiary/aromatic N) is 1. The Bertz CT molecular complexity index is 634. The molecular weight excluding hydrogens is 300 g/mol. The second-order valence-electron chi connectivity index (χ2n) is 5.71. The van der Waals surface area contributed by atoms with E-state index in [1.54, 1.807) is 6.07 Å². The molecule has 1 amide bonds. The number of amides is 1. The third-order valence-corrected chi connectivity index (χ3v) is 4.32. The van der Waals surface area contributed by atoms with Gasteiger partial charge < -0.3 is 10.4 Å². The van der Waals surface area contributed by atoms with Crippen molar-refractivity contribution in [2.45, 2.75) is 38.6 Å². The SMILES string of the molecule is CC1CCCCC1NC(=O)C(C#N)=Cc1cc(Cl)ccc1O. The molecule has 1 aromatic rings. The first kappa shape index (κ1) is 16.4. The molecule has 1 aliphatic rings. The number of aromatic hydroxyl groups is 1. The van der Waals surface area contributed by atoms with Crippen LogP contribution in [0.5, 0.6) is 5.75 Å². The summed E-state index contributed by atoms with van der Waals surface area (Å²) in [5, 5.41) is 22.4. The Morgan fingerprint density at radius 1 is 1.45 bits per heavy atom. The summed E-state index contributed by atoms with van der Waals surface area (Å²) in [5.74, 6) is -0.00572. The lowest BCUT2D eigenvalue weighted by Gasteiger charge is -2.29. The molecule has 0 bridgehead atoms. The highest BCUT2D eigenvalue weighted by molar-refractivity contribution is 6.30. The summed E-state index contributed by atoms with van der Waals surface area (Å²) < 4.78 is 0. The number of benzene rings is 1. The van der Waals surface area contributed by atoms with Crippen LogP contribution in [-0.2, 0) is 4.79 Å². The van der Waals surface area contributed by atoms with E-state index < -0.39 is 5.91 Å². The van der Waals surface area contributed by atoms with E-state index in [4.69, 9.17) is 11.6 Å². The number of phenols is 1. The average Bonchev–Trinajstić information content (AvgIpc) is 2.50. The molecular formula is C17H19ClN2O2. The second-order valence-corrected chi connectivity index (χ2v) is 6.15. The number of halogens is 1. The Kier molecular flexibility index (Phi) is 5.46. The van der Waals surface area contributed by atoms with Gasteiger partial charge in [-0.1, -0.05) is 31.4 Å². The van der Waals surface area contributed by atoms with Crippen LogP contribution in [0.2, 0.25) is 5.02 Å². The molecule has 1 aliphatic carbocycles. The van der Waals surface area contributed by atoms with Gasteiger partial charge in [0.2, 0.25) is 0 Å². The van der Waals surface area contributed by atoms with Gasteiger partial charge in [0.15, 0.2) is 0 Å². The number of nitriles is 1. The zero-order valence-corrected chi connectivity index (χ0v) is 13.2. The van der Waals surface area contributed by atoms with Crippen LogP contribution in [0, 0.1) is 17.2 Å². The van der Waals surface area contributed by atoms with Gasteiger partial charge in [-0.3, -0.25) is 4.79 Å². The number of hydrogen-bond donors (Lipinski definition) is 2. The molecule has 2 rings (SSSR count). The molecule has 22 heavy (non-hydrogen) atoms. The molecule has 1 saturated carbocycles. The van der Waals surface area contributed by atoms with Gasteiger partial charge in [-0.15, -0.1) is 0 Å².